The van der Waals surface area contributed by atoms with Crippen molar-refractivity contribution in [1.82, 2.24) is 0 Å². The number of ketones is 1. The number of benzene rings is 2. The maximum absolute atomic E-state index is 12.9. The molecule has 3 amide bonds. The molecule has 4 rings (SSSR count). The fourth-order valence-electron chi connectivity index (χ4n) is 4.35. The molecule has 8 heteroatoms. The highest BCUT2D eigenvalue weighted by molar-refractivity contribution is 6.22. The van der Waals surface area contributed by atoms with Crippen LogP contribution in [0.4, 0.5) is 11.4 Å². The van der Waals surface area contributed by atoms with E-state index in [1.807, 2.05) is 19.1 Å². The first-order valence-electron chi connectivity index (χ1n) is 11.0. The van der Waals surface area contributed by atoms with Crippen molar-refractivity contribution in [2.75, 3.05) is 16.8 Å². The van der Waals surface area contributed by atoms with Crippen LogP contribution in [0.2, 0.25) is 0 Å². The molecule has 2 aromatic rings. The number of hydrogen-bond acceptors (Lipinski definition) is 6. The highest BCUT2D eigenvalue weighted by atomic mass is 16.5. The molecule has 1 aliphatic heterocycles. The second kappa shape index (κ2) is 9.43. The van der Waals surface area contributed by atoms with Crippen LogP contribution in [0.3, 0.4) is 0 Å². The molecule has 8 nitrogen and oxygen atoms in total. The summed E-state index contributed by atoms with van der Waals surface area (Å²) in [6.45, 7) is 2.88. The number of esters is 1. The first-order valence-corrected chi connectivity index (χ1v) is 11.0. The minimum Gasteiger partial charge on any atom is -0.452 e. The van der Waals surface area contributed by atoms with Crippen molar-refractivity contribution < 1.29 is 28.7 Å². The summed E-state index contributed by atoms with van der Waals surface area (Å²) in [5.41, 5.74) is 1.59. The Hall–Kier alpha value is -4.07. The summed E-state index contributed by atoms with van der Waals surface area (Å²) in [4.78, 5) is 62.6. The Labute approximate surface area is 196 Å². The van der Waals surface area contributed by atoms with E-state index < -0.39 is 18.5 Å². The van der Waals surface area contributed by atoms with Gasteiger partial charge in [-0.3, -0.25) is 24.1 Å². The molecule has 0 saturated carbocycles. The van der Waals surface area contributed by atoms with Gasteiger partial charge >= 0.3 is 5.97 Å². The summed E-state index contributed by atoms with van der Waals surface area (Å²) >= 11 is 0. The molecule has 0 radical (unpaired) electrons. The lowest BCUT2D eigenvalue weighted by atomic mass is 9.78. The van der Waals surface area contributed by atoms with E-state index in [9.17, 15) is 24.0 Å². The molecule has 1 aliphatic carbocycles. The summed E-state index contributed by atoms with van der Waals surface area (Å²) in [6.07, 6.45) is 4.45. The van der Waals surface area contributed by atoms with E-state index in [0.717, 1.165) is 0 Å². The number of carbonyl (C=O) groups is 5. The summed E-state index contributed by atoms with van der Waals surface area (Å²) < 4.78 is 5.06. The number of fused-ring (bicyclic) bond motifs is 1. The second-order valence-electron chi connectivity index (χ2n) is 8.47. The minimum absolute atomic E-state index is 0.00679. The minimum atomic E-state index is -0.709. The van der Waals surface area contributed by atoms with Crippen LogP contribution in [0, 0.1) is 17.8 Å². The average molecular weight is 460 g/mol. The molecule has 0 spiro atoms. The molecule has 174 valence electrons. The fraction of sp³-hybridized carbons (Fsp3) is 0.269. The van der Waals surface area contributed by atoms with Gasteiger partial charge in [-0.25, -0.2) is 4.79 Å². The van der Waals surface area contributed by atoms with Gasteiger partial charge in [0.25, 0.3) is 5.91 Å². The molecule has 2 aliphatic rings. The lowest BCUT2D eigenvalue weighted by Gasteiger charge is -2.22. The molecule has 0 aromatic heterocycles. The number of imide groups is 1. The fourth-order valence-corrected chi connectivity index (χ4v) is 4.35. The van der Waals surface area contributed by atoms with E-state index in [1.165, 1.54) is 36.1 Å². The van der Waals surface area contributed by atoms with Gasteiger partial charge in [0.15, 0.2) is 12.4 Å². The van der Waals surface area contributed by atoms with Crippen molar-refractivity contribution in [2.24, 2.45) is 17.8 Å². The Bertz CT molecular complexity index is 1180. The highest BCUT2D eigenvalue weighted by Gasteiger charge is 2.50. The monoisotopic (exact) mass is 460 g/mol. The van der Waals surface area contributed by atoms with Crippen molar-refractivity contribution in [3.8, 4) is 0 Å². The predicted molar refractivity (Wildman–Crippen MR) is 124 cm³/mol. The number of anilines is 2. The molecule has 1 fully saturated rings. The Balaban J connectivity index is 1.34. The molecule has 0 bridgehead atoms. The van der Waals surface area contributed by atoms with Crippen molar-refractivity contribution in [3.63, 3.8) is 0 Å². The Morgan fingerprint density at radius 1 is 0.971 bits per heavy atom. The number of nitrogens with one attached hydrogen (secondary N) is 1. The summed E-state index contributed by atoms with van der Waals surface area (Å²) in [5.74, 6) is -2.49. The Morgan fingerprint density at radius 2 is 1.62 bits per heavy atom. The number of hydrogen-bond donors (Lipinski definition) is 1. The van der Waals surface area contributed by atoms with E-state index in [-0.39, 0.29) is 40.9 Å². The summed E-state index contributed by atoms with van der Waals surface area (Å²) in [6, 6.07) is 12.3. The number of rotatable bonds is 6. The molecule has 2 aromatic carbocycles. The highest BCUT2D eigenvalue weighted by Crippen LogP contribution is 2.40. The van der Waals surface area contributed by atoms with Gasteiger partial charge in [-0.15, -0.1) is 0 Å². The molecule has 34 heavy (non-hydrogen) atoms. The normalized spacial score (nSPS) is 21.2. The molecule has 1 saturated heterocycles. The van der Waals surface area contributed by atoms with Crippen molar-refractivity contribution in [2.45, 2.75) is 20.3 Å². The van der Waals surface area contributed by atoms with E-state index in [1.54, 1.807) is 24.3 Å². The molecular formula is C26H24N2O6. The SMILES string of the molecule is CC(=O)c1ccc(NC(=O)COC(=O)c2ccc(N3C(=O)[C@@H]4[C@@H](C)C=CC[C@H]4C3=O)cc2)cc1. The van der Waals surface area contributed by atoms with Crippen molar-refractivity contribution in [1.29, 1.82) is 0 Å². The first-order chi connectivity index (χ1) is 16.3. The van der Waals surface area contributed by atoms with Crippen LogP contribution < -0.4 is 10.2 Å². The maximum atomic E-state index is 12.9. The van der Waals surface area contributed by atoms with Crippen LogP contribution in [0.15, 0.2) is 60.7 Å². The third kappa shape index (κ3) is 4.52. The number of ether oxygens (including phenoxy) is 1. The second-order valence-corrected chi connectivity index (χ2v) is 8.47. The summed E-state index contributed by atoms with van der Waals surface area (Å²) in [5, 5.41) is 2.58. The van der Waals surface area contributed by atoms with E-state index in [4.69, 9.17) is 4.74 Å². The molecule has 1 heterocycles. The zero-order valence-corrected chi connectivity index (χ0v) is 18.8. The maximum Gasteiger partial charge on any atom is 0.338 e. The molecular weight excluding hydrogens is 436 g/mol. The lowest BCUT2D eigenvalue weighted by Crippen LogP contribution is -2.31. The standard InChI is InChI=1S/C26H24N2O6/c1-15-4-3-5-21-23(15)25(32)28(24(21)31)20-12-8-18(9-13-20)26(33)34-14-22(30)27-19-10-6-17(7-11-19)16(2)29/h3-4,6-13,15,21,23H,5,14H2,1-2H3,(H,27,30)/t15-,21+,23+/m0/s1. The first kappa shape index (κ1) is 23.1. The van der Waals surface area contributed by atoms with Gasteiger partial charge in [-0.05, 0) is 67.8 Å². The van der Waals surface area contributed by atoms with Gasteiger partial charge in [-0.1, -0.05) is 19.1 Å². The van der Waals surface area contributed by atoms with Crippen LogP contribution in [-0.4, -0.2) is 36.1 Å². The molecule has 0 unspecified atom stereocenters. The van der Waals surface area contributed by atoms with E-state index in [0.29, 0.717) is 23.4 Å². The smallest absolute Gasteiger partial charge is 0.338 e. The number of allylic oxidation sites excluding steroid dienone is 2. The van der Waals surface area contributed by atoms with Crippen LogP contribution in [0.1, 0.15) is 41.0 Å². The molecule has 3 atom stereocenters. The van der Waals surface area contributed by atoms with Gasteiger partial charge in [0.2, 0.25) is 11.8 Å². The van der Waals surface area contributed by atoms with Gasteiger partial charge in [0, 0.05) is 11.3 Å². The Morgan fingerprint density at radius 3 is 2.24 bits per heavy atom. The zero-order chi connectivity index (χ0) is 24.4. The predicted octanol–water partition coefficient (Wildman–Crippen LogP) is 3.39. The quantitative estimate of drug-likeness (QED) is 0.306. The average Bonchev–Trinajstić information content (AvgIpc) is 3.08. The van der Waals surface area contributed by atoms with Gasteiger partial charge in [-0.2, -0.15) is 0 Å². The van der Waals surface area contributed by atoms with Crippen molar-refractivity contribution >= 4 is 40.8 Å². The number of nitrogens with zero attached hydrogens (tertiary/aromatic N) is 1. The van der Waals surface area contributed by atoms with Gasteiger partial charge in [0.1, 0.15) is 0 Å². The van der Waals surface area contributed by atoms with E-state index in [2.05, 4.69) is 5.32 Å². The van der Waals surface area contributed by atoms with Crippen LogP contribution in [0.25, 0.3) is 0 Å². The Kier molecular flexibility index (Phi) is 6.40. The number of Topliss-reactive ketones (excluding diaryl/α,β-unsaturated/α-hetero) is 1. The zero-order valence-electron chi connectivity index (χ0n) is 18.8. The van der Waals surface area contributed by atoms with Gasteiger partial charge < -0.3 is 10.1 Å². The molecule has 1 N–H and O–H groups in total. The lowest BCUT2D eigenvalue weighted by molar-refractivity contribution is -0.123. The third-order valence-corrected chi connectivity index (χ3v) is 6.14. The van der Waals surface area contributed by atoms with Gasteiger partial charge in [0.05, 0.1) is 23.1 Å². The van der Waals surface area contributed by atoms with Crippen LogP contribution in [-0.2, 0) is 19.1 Å². The largest absolute Gasteiger partial charge is 0.452 e. The van der Waals surface area contributed by atoms with Crippen molar-refractivity contribution in [3.05, 3.63) is 71.8 Å². The van der Waals surface area contributed by atoms with Crippen LogP contribution in [0.5, 0.6) is 0 Å². The topological polar surface area (TPSA) is 110 Å². The van der Waals surface area contributed by atoms with E-state index >= 15 is 0 Å². The third-order valence-electron chi connectivity index (χ3n) is 6.14. The number of amides is 3. The number of carbonyl (C=O) groups excluding carboxylic acids is 5. The van der Waals surface area contributed by atoms with Crippen LogP contribution >= 0.6 is 0 Å². The summed E-state index contributed by atoms with van der Waals surface area (Å²) in [7, 11) is 0.